The topological polar surface area (TPSA) is 101 Å². The molecule has 0 aromatic carbocycles. The van der Waals surface area contributed by atoms with Crippen LogP contribution in [0, 0.1) is 0 Å². The molecule has 0 aliphatic heterocycles. The maximum atomic E-state index is 8.61. The molecule has 2 heterocycles. The van der Waals surface area contributed by atoms with E-state index in [-0.39, 0.29) is 11.9 Å². The highest BCUT2D eigenvalue weighted by Gasteiger charge is 2.13. The lowest BCUT2D eigenvalue weighted by molar-refractivity contribution is 0.317. The summed E-state index contributed by atoms with van der Waals surface area (Å²) in [6.07, 6.45) is 3.73. The van der Waals surface area contributed by atoms with E-state index in [9.17, 15) is 0 Å². The van der Waals surface area contributed by atoms with Gasteiger partial charge in [-0.1, -0.05) is 5.16 Å². The third-order valence-electron chi connectivity index (χ3n) is 2.97. The Morgan fingerprint density at radius 2 is 2.10 bits per heavy atom. The fourth-order valence-corrected chi connectivity index (χ4v) is 1.93. The molecule has 0 aliphatic carbocycles. The zero-order valence-corrected chi connectivity index (χ0v) is 11.6. The second kappa shape index (κ2) is 6.14. The fourth-order valence-electron chi connectivity index (χ4n) is 1.93. The molecule has 0 spiro atoms. The number of rotatable bonds is 5. The number of anilines is 1. The van der Waals surface area contributed by atoms with Crippen LogP contribution in [0.25, 0.3) is 11.2 Å². The minimum absolute atomic E-state index is 0.205. The van der Waals surface area contributed by atoms with E-state index in [2.05, 4.69) is 38.9 Å². The van der Waals surface area contributed by atoms with Crippen LogP contribution in [0.1, 0.15) is 20.3 Å². The van der Waals surface area contributed by atoms with E-state index in [4.69, 9.17) is 10.9 Å². The highest BCUT2D eigenvalue weighted by atomic mass is 16.4. The van der Waals surface area contributed by atoms with Gasteiger partial charge >= 0.3 is 0 Å². The molecule has 0 atom stereocenters. The summed E-state index contributed by atoms with van der Waals surface area (Å²) in [4.78, 5) is 15.0. The van der Waals surface area contributed by atoms with Crippen molar-refractivity contribution in [2.24, 2.45) is 10.9 Å². The molecule has 0 saturated heterocycles. The van der Waals surface area contributed by atoms with Crippen LogP contribution in [0.5, 0.6) is 0 Å². The average molecular weight is 274 g/mol. The van der Waals surface area contributed by atoms with Crippen molar-refractivity contribution in [1.82, 2.24) is 15.0 Å². The number of oxime groups is 1. The van der Waals surface area contributed by atoms with Crippen molar-refractivity contribution in [3.05, 3.63) is 24.5 Å². The first-order valence-corrected chi connectivity index (χ1v) is 6.42. The molecule has 2 aromatic rings. The van der Waals surface area contributed by atoms with Gasteiger partial charge in [-0.15, -0.1) is 0 Å². The lowest BCUT2D eigenvalue weighted by Gasteiger charge is -2.27. The minimum atomic E-state index is 0.205. The van der Waals surface area contributed by atoms with Crippen molar-refractivity contribution < 1.29 is 5.21 Å². The predicted molar refractivity (Wildman–Crippen MR) is 77.8 cm³/mol. The molecule has 7 heteroatoms. The molecule has 0 unspecified atom stereocenters. The van der Waals surface area contributed by atoms with Crippen LogP contribution < -0.4 is 10.6 Å². The highest BCUT2D eigenvalue weighted by molar-refractivity contribution is 5.80. The molecule has 0 saturated carbocycles. The van der Waals surface area contributed by atoms with Gasteiger partial charge in [-0.05, 0) is 26.0 Å². The summed E-state index contributed by atoms with van der Waals surface area (Å²) in [7, 11) is 0. The van der Waals surface area contributed by atoms with Gasteiger partial charge in [0, 0.05) is 31.4 Å². The number of aromatic nitrogens is 3. The van der Waals surface area contributed by atoms with Gasteiger partial charge in [0.25, 0.3) is 0 Å². The molecule has 106 valence electrons. The lowest BCUT2D eigenvalue weighted by Crippen LogP contribution is -2.34. The molecule has 0 radical (unpaired) electrons. The van der Waals surface area contributed by atoms with E-state index in [1.807, 2.05) is 12.1 Å². The van der Waals surface area contributed by atoms with Gasteiger partial charge in [0.15, 0.2) is 5.65 Å². The molecular formula is C13H18N6O. The second-order valence-corrected chi connectivity index (χ2v) is 4.70. The number of nitrogens with zero attached hydrogens (tertiary/aromatic N) is 5. The van der Waals surface area contributed by atoms with Gasteiger partial charge in [-0.25, -0.2) is 9.97 Å². The summed E-state index contributed by atoms with van der Waals surface area (Å²) in [6, 6.07) is 4.04. The highest BCUT2D eigenvalue weighted by Crippen LogP contribution is 2.17. The SMILES string of the molecule is CC(C)N(CC/C(N)=N/O)c1ccc2nccnc2n1. The quantitative estimate of drug-likeness (QED) is 0.370. The van der Waals surface area contributed by atoms with Crippen LogP contribution in [-0.2, 0) is 0 Å². The lowest BCUT2D eigenvalue weighted by atomic mass is 10.2. The van der Waals surface area contributed by atoms with Crippen molar-refractivity contribution in [2.75, 3.05) is 11.4 Å². The Hall–Kier alpha value is -2.44. The summed E-state index contributed by atoms with van der Waals surface area (Å²) in [6.45, 7) is 4.75. The van der Waals surface area contributed by atoms with Gasteiger partial charge in [0.05, 0.1) is 0 Å². The Morgan fingerprint density at radius 1 is 1.35 bits per heavy atom. The van der Waals surface area contributed by atoms with Gasteiger partial charge < -0.3 is 15.8 Å². The summed E-state index contributed by atoms with van der Waals surface area (Å²) in [5.41, 5.74) is 6.89. The average Bonchev–Trinajstić information content (AvgIpc) is 2.46. The van der Waals surface area contributed by atoms with Crippen molar-refractivity contribution in [3.8, 4) is 0 Å². The maximum Gasteiger partial charge on any atom is 0.180 e. The van der Waals surface area contributed by atoms with Crippen LogP contribution in [0.3, 0.4) is 0 Å². The fraction of sp³-hybridized carbons (Fsp3) is 0.385. The summed E-state index contributed by atoms with van der Waals surface area (Å²) < 4.78 is 0. The molecule has 7 nitrogen and oxygen atoms in total. The Kier molecular flexibility index (Phi) is 4.29. The first-order chi connectivity index (χ1) is 9.61. The largest absolute Gasteiger partial charge is 0.409 e. The maximum absolute atomic E-state index is 8.61. The van der Waals surface area contributed by atoms with E-state index >= 15 is 0 Å². The summed E-state index contributed by atoms with van der Waals surface area (Å²) in [5, 5.41) is 11.6. The molecule has 2 aromatic heterocycles. The molecular weight excluding hydrogens is 256 g/mol. The smallest absolute Gasteiger partial charge is 0.180 e. The Balaban J connectivity index is 2.26. The predicted octanol–water partition coefficient (Wildman–Crippen LogP) is 1.38. The van der Waals surface area contributed by atoms with Crippen LogP contribution >= 0.6 is 0 Å². The first kappa shape index (κ1) is 14.0. The van der Waals surface area contributed by atoms with E-state index < -0.39 is 0 Å². The van der Waals surface area contributed by atoms with Crippen molar-refractivity contribution in [2.45, 2.75) is 26.3 Å². The molecule has 0 aliphatic rings. The Morgan fingerprint density at radius 3 is 2.80 bits per heavy atom. The number of hydrogen-bond donors (Lipinski definition) is 2. The van der Waals surface area contributed by atoms with Gasteiger partial charge in [0.1, 0.15) is 17.2 Å². The van der Waals surface area contributed by atoms with Gasteiger partial charge in [-0.3, -0.25) is 4.98 Å². The molecule has 3 N–H and O–H groups in total. The normalized spacial score (nSPS) is 12.1. The zero-order chi connectivity index (χ0) is 14.5. The van der Waals surface area contributed by atoms with E-state index in [0.29, 0.717) is 18.6 Å². The molecule has 0 bridgehead atoms. The van der Waals surface area contributed by atoms with Crippen LogP contribution in [-0.4, -0.2) is 38.6 Å². The second-order valence-electron chi connectivity index (χ2n) is 4.70. The minimum Gasteiger partial charge on any atom is -0.409 e. The zero-order valence-electron chi connectivity index (χ0n) is 11.6. The van der Waals surface area contributed by atoms with Crippen LogP contribution in [0.2, 0.25) is 0 Å². The monoisotopic (exact) mass is 274 g/mol. The Bertz CT molecular complexity index is 613. The van der Waals surface area contributed by atoms with Gasteiger partial charge in [-0.2, -0.15) is 0 Å². The third kappa shape index (κ3) is 3.11. The molecule has 0 fully saturated rings. The van der Waals surface area contributed by atoms with E-state index in [0.717, 1.165) is 11.3 Å². The number of nitrogens with two attached hydrogens (primary N) is 1. The number of pyridine rings is 1. The van der Waals surface area contributed by atoms with Crippen molar-refractivity contribution in [1.29, 1.82) is 0 Å². The molecule has 20 heavy (non-hydrogen) atoms. The standard InChI is InChI=1S/C13H18N6O/c1-9(2)19(8-5-11(14)18-20)12-4-3-10-13(17-12)16-7-6-15-10/h3-4,6-7,9,20H,5,8H2,1-2H3,(H2,14,18). The molecule has 2 rings (SSSR count). The first-order valence-electron chi connectivity index (χ1n) is 6.42. The van der Waals surface area contributed by atoms with E-state index in [1.165, 1.54) is 0 Å². The van der Waals surface area contributed by atoms with Crippen molar-refractivity contribution in [3.63, 3.8) is 0 Å². The van der Waals surface area contributed by atoms with Gasteiger partial charge in [0.2, 0.25) is 0 Å². The van der Waals surface area contributed by atoms with E-state index in [1.54, 1.807) is 12.4 Å². The van der Waals surface area contributed by atoms with Crippen LogP contribution in [0.4, 0.5) is 5.82 Å². The molecule has 0 amide bonds. The third-order valence-corrected chi connectivity index (χ3v) is 2.97. The summed E-state index contributed by atoms with van der Waals surface area (Å²) >= 11 is 0. The Labute approximate surface area is 117 Å². The number of fused-ring (bicyclic) bond motifs is 1. The number of amidine groups is 1. The number of hydrogen-bond acceptors (Lipinski definition) is 6. The summed E-state index contributed by atoms with van der Waals surface area (Å²) in [5.74, 6) is 1.01. The van der Waals surface area contributed by atoms with Crippen molar-refractivity contribution >= 4 is 22.8 Å². The van der Waals surface area contributed by atoms with Crippen LogP contribution in [0.15, 0.2) is 29.7 Å².